The fraction of sp³-hybridized carbons (Fsp3) is 0.182. The molecule has 0 bridgehead atoms. The van der Waals surface area contributed by atoms with Crippen molar-refractivity contribution in [1.82, 2.24) is 5.16 Å². The molecule has 0 radical (unpaired) electrons. The maximum atomic E-state index is 13.5. The first-order chi connectivity index (χ1) is 7.61. The van der Waals surface area contributed by atoms with E-state index in [0.717, 1.165) is 0 Å². The molecule has 16 heavy (non-hydrogen) atoms. The highest BCUT2D eigenvalue weighted by Gasteiger charge is 2.11. The van der Waals surface area contributed by atoms with Crippen LogP contribution < -0.4 is 5.73 Å². The van der Waals surface area contributed by atoms with E-state index in [4.69, 9.17) is 5.73 Å². The zero-order valence-electron chi connectivity index (χ0n) is 8.63. The molecule has 1 heterocycles. The molecule has 0 amide bonds. The fourth-order valence-electron chi connectivity index (χ4n) is 1.52. The first-order valence-electron chi connectivity index (χ1n) is 4.69. The summed E-state index contributed by atoms with van der Waals surface area (Å²) in [5.74, 6) is -0.429. The Bertz CT molecular complexity index is 499. The van der Waals surface area contributed by atoms with Crippen LogP contribution in [0.1, 0.15) is 11.1 Å². The number of benzene rings is 1. The molecule has 0 unspecified atom stereocenters. The minimum Gasteiger partial charge on any atom is -0.368 e. The third kappa shape index (κ3) is 1.76. The molecule has 0 saturated carbocycles. The second-order valence-corrected chi connectivity index (χ2v) is 3.50. The zero-order chi connectivity index (χ0) is 11.7. The summed E-state index contributed by atoms with van der Waals surface area (Å²) in [4.78, 5) is 0. The van der Waals surface area contributed by atoms with Gasteiger partial charge in [-0.3, -0.25) is 0 Å². The predicted octanol–water partition coefficient (Wildman–Crippen LogP) is 2.84. The van der Waals surface area contributed by atoms with Crippen molar-refractivity contribution >= 4 is 5.88 Å². The van der Waals surface area contributed by atoms with Crippen LogP contribution >= 0.6 is 0 Å². The molecule has 0 aliphatic carbocycles. The van der Waals surface area contributed by atoms with Gasteiger partial charge in [0, 0.05) is 17.2 Å². The van der Waals surface area contributed by atoms with Gasteiger partial charge in [0.25, 0.3) is 0 Å². The van der Waals surface area contributed by atoms with Crippen molar-refractivity contribution in [1.29, 1.82) is 0 Å². The number of halogens is 2. The van der Waals surface area contributed by atoms with Crippen molar-refractivity contribution < 1.29 is 13.3 Å². The molecule has 0 atom stereocenters. The lowest BCUT2D eigenvalue weighted by Crippen LogP contribution is -1.93. The number of hydrogen-bond donors (Lipinski definition) is 1. The van der Waals surface area contributed by atoms with Gasteiger partial charge in [0.05, 0.1) is 0 Å². The van der Waals surface area contributed by atoms with Gasteiger partial charge in [-0.25, -0.2) is 8.78 Å². The molecule has 1 aromatic carbocycles. The van der Waals surface area contributed by atoms with E-state index in [1.807, 2.05) is 0 Å². The quantitative estimate of drug-likeness (QED) is 0.853. The third-order valence-corrected chi connectivity index (χ3v) is 2.38. The van der Waals surface area contributed by atoms with Gasteiger partial charge in [0.15, 0.2) is 0 Å². The second-order valence-electron chi connectivity index (χ2n) is 3.50. The summed E-state index contributed by atoms with van der Waals surface area (Å²) in [7, 11) is 0. The Hall–Kier alpha value is -1.91. The SMILES string of the molecule is Cc1cc(-c2cc(N)on2)cc(F)c1CF. The number of nitrogens with zero attached hydrogens (tertiary/aromatic N) is 1. The molecule has 1 aromatic heterocycles. The fourth-order valence-corrected chi connectivity index (χ4v) is 1.52. The van der Waals surface area contributed by atoms with Gasteiger partial charge in [-0.15, -0.1) is 0 Å². The molecule has 3 nitrogen and oxygen atoms in total. The Labute approximate surface area is 90.9 Å². The van der Waals surface area contributed by atoms with Crippen LogP contribution in [0.3, 0.4) is 0 Å². The van der Waals surface area contributed by atoms with E-state index in [-0.39, 0.29) is 11.4 Å². The van der Waals surface area contributed by atoms with E-state index < -0.39 is 12.5 Å². The number of aryl methyl sites for hydroxylation is 1. The highest BCUT2D eigenvalue weighted by Crippen LogP contribution is 2.25. The van der Waals surface area contributed by atoms with Crippen LogP contribution in [0.5, 0.6) is 0 Å². The van der Waals surface area contributed by atoms with Gasteiger partial charge < -0.3 is 10.3 Å². The average molecular weight is 224 g/mol. The largest absolute Gasteiger partial charge is 0.368 e. The third-order valence-electron chi connectivity index (χ3n) is 2.38. The van der Waals surface area contributed by atoms with Crippen LogP contribution in [-0.4, -0.2) is 5.16 Å². The molecular weight excluding hydrogens is 214 g/mol. The molecule has 0 aliphatic rings. The van der Waals surface area contributed by atoms with Crippen molar-refractivity contribution in [3.63, 3.8) is 0 Å². The Balaban J connectivity index is 2.52. The summed E-state index contributed by atoms with van der Waals surface area (Å²) in [6.07, 6.45) is 0. The first-order valence-corrected chi connectivity index (χ1v) is 4.69. The lowest BCUT2D eigenvalue weighted by atomic mass is 10.0. The highest BCUT2D eigenvalue weighted by atomic mass is 19.1. The van der Waals surface area contributed by atoms with Crippen molar-refractivity contribution in [3.05, 3.63) is 35.1 Å². The van der Waals surface area contributed by atoms with Crippen molar-refractivity contribution in [2.24, 2.45) is 0 Å². The molecule has 84 valence electrons. The van der Waals surface area contributed by atoms with E-state index in [0.29, 0.717) is 16.8 Å². The topological polar surface area (TPSA) is 52.0 Å². The molecule has 0 fully saturated rings. The number of nitrogen functional groups attached to an aromatic ring is 1. The smallest absolute Gasteiger partial charge is 0.222 e. The van der Waals surface area contributed by atoms with Crippen LogP contribution in [0.25, 0.3) is 11.3 Å². The normalized spacial score (nSPS) is 10.7. The average Bonchev–Trinajstić information content (AvgIpc) is 2.64. The summed E-state index contributed by atoms with van der Waals surface area (Å²) in [6, 6.07) is 4.36. The minimum atomic E-state index is -0.821. The van der Waals surface area contributed by atoms with E-state index >= 15 is 0 Å². The Kier molecular flexibility index (Phi) is 2.60. The van der Waals surface area contributed by atoms with Gasteiger partial charge in [-0.05, 0) is 24.6 Å². The van der Waals surface area contributed by atoms with E-state index in [1.54, 1.807) is 13.0 Å². The number of aromatic nitrogens is 1. The Morgan fingerprint density at radius 1 is 1.38 bits per heavy atom. The lowest BCUT2D eigenvalue weighted by Gasteiger charge is -2.05. The van der Waals surface area contributed by atoms with Crippen LogP contribution in [0.2, 0.25) is 0 Å². The maximum absolute atomic E-state index is 13.5. The number of nitrogens with two attached hydrogens (primary N) is 1. The monoisotopic (exact) mass is 224 g/mol. The molecule has 0 aliphatic heterocycles. The number of anilines is 1. The molecule has 2 N–H and O–H groups in total. The maximum Gasteiger partial charge on any atom is 0.222 e. The van der Waals surface area contributed by atoms with Crippen LogP contribution in [0.15, 0.2) is 22.7 Å². The second kappa shape index (κ2) is 3.92. The summed E-state index contributed by atoms with van der Waals surface area (Å²) in [5.41, 5.74) is 6.93. The van der Waals surface area contributed by atoms with E-state index in [2.05, 4.69) is 9.68 Å². The Morgan fingerprint density at radius 2 is 2.12 bits per heavy atom. The van der Waals surface area contributed by atoms with Gasteiger partial charge >= 0.3 is 0 Å². The standard InChI is InChI=1S/C11H10F2N2O/c1-6-2-7(3-9(13)8(6)5-12)10-4-11(14)16-15-10/h2-4H,5,14H2,1H3. The van der Waals surface area contributed by atoms with Crippen LogP contribution in [0, 0.1) is 12.7 Å². The van der Waals surface area contributed by atoms with Gasteiger partial charge in [0.2, 0.25) is 5.88 Å². The predicted molar refractivity (Wildman–Crippen MR) is 55.9 cm³/mol. The molecule has 0 saturated heterocycles. The van der Waals surface area contributed by atoms with E-state index in [1.165, 1.54) is 12.1 Å². The molecule has 2 aromatic rings. The molecular formula is C11H10F2N2O. The number of hydrogen-bond acceptors (Lipinski definition) is 3. The van der Waals surface area contributed by atoms with Crippen LogP contribution in [0.4, 0.5) is 14.7 Å². The van der Waals surface area contributed by atoms with Gasteiger partial charge in [-0.1, -0.05) is 5.16 Å². The Morgan fingerprint density at radius 3 is 2.62 bits per heavy atom. The van der Waals surface area contributed by atoms with Gasteiger partial charge in [-0.2, -0.15) is 0 Å². The van der Waals surface area contributed by atoms with Crippen molar-refractivity contribution in [2.75, 3.05) is 5.73 Å². The zero-order valence-corrected chi connectivity index (χ0v) is 8.63. The molecule has 0 spiro atoms. The summed E-state index contributed by atoms with van der Waals surface area (Å²) >= 11 is 0. The van der Waals surface area contributed by atoms with Crippen LogP contribution in [-0.2, 0) is 6.67 Å². The lowest BCUT2D eigenvalue weighted by molar-refractivity contribution is 0.439. The highest BCUT2D eigenvalue weighted by molar-refractivity contribution is 5.63. The van der Waals surface area contributed by atoms with E-state index in [9.17, 15) is 8.78 Å². The summed E-state index contributed by atoms with van der Waals surface area (Å²) < 4.78 is 30.7. The summed E-state index contributed by atoms with van der Waals surface area (Å²) in [6.45, 7) is 0.823. The number of alkyl halides is 1. The molecule has 2 rings (SSSR count). The first kappa shape index (κ1) is 10.6. The van der Waals surface area contributed by atoms with Crippen molar-refractivity contribution in [2.45, 2.75) is 13.6 Å². The van der Waals surface area contributed by atoms with Crippen molar-refractivity contribution in [3.8, 4) is 11.3 Å². The summed E-state index contributed by atoms with van der Waals surface area (Å²) in [5, 5.41) is 3.66. The minimum absolute atomic E-state index is 0.0696. The number of rotatable bonds is 2. The van der Waals surface area contributed by atoms with Gasteiger partial charge in [0.1, 0.15) is 18.2 Å². The molecule has 5 heteroatoms.